The summed E-state index contributed by atoms with van der Waals surface area (Å²) in [5.74, 6) is 0.738. The van der Waals surface area contributed by atoms with Gasteiger partial charge in [0.2, 0.25) is 0 Å². The Labute approximate surface area is 133 Å². The Morgan fingerprint density at radius 3 is 2.87 bits per heavy atom. The number of benzene rings is 1. The van der Waals surface area contributed by atoms with Gasteiger partial charge in [0.25, 0.3) is 5.71 Å². The first-order valence-corrected chi connectivity index (χ1v) is 7.84. The number of hydrogen-bond donors (Lipinski definition) is 1. The standard InChI is InChI=1S/C17H18N4O2/c1-11-4-6-12(7-5-11)15-14-16(18-9-13-3-2-8-22-13)19-10-20-17(14)23-21-15/h4-7,10,13H,2-3,8-9H2,1H3,(H,18,19,20)/t13-/m1/s1. The van der Waals surface area contributed by atoms with Crippen molar-refractivity contribution in [2.24, 2.45) is 0 Å². The van der Waals surface area contributed by atoms with E-state index in [-0.39, 0.29) is 6.10 Å². The molecule has 1 N–H and O–H groups in total. The first kappa shape index (κ1) is 14.1. The van der Waals surface area contributed by atoms with Crippen molar-refractivity contribution in [1.29, 1.82) is 0 Å². The zero-order valence-corrected chi connectivity index (χ0v) is 13.0. The summed E-state index contributed by atoms with van der Waals surface area (Å²) in [6.45, 7) is 3.63. The third-order valence-corrected chi connectivity index (χ3v) is 4.12. The highest BCUT2D eigenvalue weighted by molar-refractivity contribution is 5.97. The molecule has 0 aliphatic carbocycles. The Morgan fingerprint density at radius 2 is 2.09 bits per heavy atom. The molecule has 1 aliphatic rings. The molecule has 1 saturated heterocycles. The number of ether oxygens (including phenoxy) is 1. The van der Waals surface area contributed by atoms with Crippen molar-refractivity contribution in [2.45, 2.75) is 25.9 Å². The highest BCUT2D eigenvalue weighted by atomic mass is 16.5. The summed E-state index contributed by atoms with van der Waals surface area (Å²) in [6, 6.07) is 8.17. The average Bonchev–Trinajstić information content (AvgIpc) is 3.23. The van der Waals surface area contributed by atoms with E-state index in [0.717, 1.165) is 48.5 Å². The maximum atomic E-state index is 5.65. The predicted octanol–water partition coefficient (Wildman–Crippen LogP) is 3.18. The summed E-state index contributed by atoms with van der Waals surface area (Å²) in [7, 11) is 0. The Morgan fingerprint density at radius 1 is 1.22 bits per heavy atom. The van der Waals surface area contributed by atoms with E-state index in [9.17, 15) is 0 Å². The second-order valence-electron chi connectivity index (χ2n) is 5.82. The van der Waals surface area contributed by atoms with Gasteiger partial charge in [0.15, 0.2) is 0 Å². The number of hydrogen-bond acceptors (Lipinski definition) is 6. The summed E-state index contributed by atoms with van der Waals surface area (Å²) in [6.07, 6.45) is 3.93. The molecule has 6 nitrogen and oxygen atoms in total. The van der Waals surface area contributed by atoms with Crippen LogP contribution in [0.3, 0.4) is 0 Å². The van der Waals surface area contributed by atoms with Crippen LogP contribution in [0.1, 0.15) is 18.4 Å². The van der Waals surface area contributed by atoms with Crippen LogP contribution >= 0.6 is 0 Å². The molecule has 23 heavy (non-hydrogen) atoms. The van der Waals surface area contributed by atoms with Crippen LogP contribution in [0, 0.1) is 6.92 Å². The van der Waals surface area contributed by atoms with Gasteiger partial charge in [-0.1, -0.05) is 35.0 Å². The van der Waals surface area contributed by atoms with Gasteiger partial charge in [-0.2, -0.15) is 4.98 Å². The van der Waals surface area contributed by atoms with Gasteiger partial charge in [-0.15, -0.1) is 0 Å². The quantitative estimate of drug-likeness (QED) is 0.798. The molecule has 4 rings (SSSR count). The third-order valence-electron chi connectivity index (χ3n) is 4.12. The molecule has 6 heteroatoms. The summed E-state index contributed by atoms with van der Waals surface area (Å²) in [4.78, 5) is 8.54. The van der Waals surface area contributed by atoms with Crippen LogP contribution < -0.4 is 5.32 Å². The van der Waals surface area contributed by atoms with Gasteiger partial charge >= 0.3 is 0 Å². The molecule has 0 saturated carbocycles. The number of aryl methyl sites for hydroxylation is 1. The maximum Gasteiger partial charge on any atom is 0.263 e. The fraction of sp³-hybridized carbons (Fsp3) is 0.353. The number of anilines is 1. The van der Waals surface area contributed by atoms with Crippen LogP contribution in [0.2, 0.25) is 0 Å². The van der Waals surface area contributed by atoms with Gasteiger partial charge in [-0.25, -0.2) is 4.98 Å². The predicted molar refractivity (Wildman–Crippen MR) is 87.2 cm³/mol. The van der Waals surface area contributed by atoms with Gasteiger partial charge in [0.05, 0.1) is 6.10 Å². The van der Waals surface area contributed by atoms with Gasteiger partial charge in [-0.3, -0.25) is 0 Å². The second-order valence-corrected chi connectivity index (χ2v) is 5.82. The minimum Gasteiger partial charge on any atom is -0.376 e. The van der Waals surface area contributed by atoms with E-state index in [4.69, 9.17) is 9.26 Å². The summed E-state index contributed by atoms with van der Waals surface area (Å²) in [5.41, 5.74) is 3.44. The number of fused-ring (bicyclic) bond motifs is 1. The van der Waals surface area contributed by atoms with E-state index < -0.39 is 0 Å². The smallest absolute Gasteiger partial charge is 0.263 e. The van der Waals surface area contributed by atoms with E-state index in [0.29, 0.717) is 5.71 Å². The molecule has 0 amide bonds. The lowest BCUT2D eigenvalue weighted by Gasteiger charge is -2.11. The van der Waals surface area contributed by atoms with Crippen LogP contribution in [0.15, 0.2) is 35.1 Å². The summed E-state index contributed by atoms with van der Waals surface area (Å²) >= 11 is 0. The zero-order chi connectivity index (χ0) is 15.6. The van der Waals surface area contributed by atoms with Crippen molar-refractivity contribution < 1.29 is 9.26 Å². The first-order chi connectivity index (χ1) is 11.3. The Hall–Kier alpha value is -2.47. The summed E-state index contributed by atoms with van der Waals surface area (Å²) in [5, 5.41) is 8.36. The summed E-state index contributed by atoms with van der Waals surface area (Å²) < 4.78 is 11.0. The average molecular weight is 310 g/mol. The maximum absolute atomic E-state index is 5.65. The molecule has 0 bridgehead atoms. The van der Waals surface area contributed by atoms with Crippen molar-refractivity contribution in [3.63, 3.8) is 0 Å². The zero-order valence-electron chi connectivity index (χ0n) is 13.0. The molecule has 118 valence electrons. The largest absolute Gasteiger partial charge is 0.376 e. The van der Waals surface area contributed by atoms with Crippen LogP contribution in [0.4, 0.5) is 5.82 Å². The van der Waals surface area contributed by atoms with E-state index >= 15 is 0 Å². The minimum absolute atomic E-state index is 0.239. The highest BCUT2D eigenvalue weighted by Gasteiger charge is 2.19. The van der Waals surface area contributed by atoms with Crippen molar-refractivity contribution in [3.8, 4) is 11.3 Å². The third kappa shape index (κ3) is 2.77. The lowest BCUT2D eigenvalue weighted by Crippen LogP contribution is -2.19. The van der Waals surface area contributed by atoms with Crippen molar-refractivity contribution in [3.05, 3.63) is 36.2 Å². The molecule has 1 aromatic carbocycles. The molecule has 1 fully saturated rings. The molecular formula is C17H18N4O2. The van der Waals surface area contributed by atoms with Gasteiger partial charge in [0.1, 0.15) is 23.2 Å². The lowest BCUT2D eigenvalue weighted by molar-refractivity contribution is 0.120. The van der Waals surface area contributed by atoms with Crippen LogP contribution in [0.5, 0.6) is 0 Å². The second kappa shape index (κ2) is 5.96. The molecule has 3 aromatic rings. The van der Waals surface area contributed by atoms with Crippen LogP contribution in [-0.2, 0) is 4.74 Å². The lowest BCUT2D eigenvalue weighted by atomic mass is 10.1. The minimum atomic E-state index is 0.239. The fourth-order valence-electron chi connectivity index (χ4n) is 2.84. The van der Waals surface area contributed by atoms with E-state index in [2.05, 4.69) is 39.5 Å². The number of aromatic nitrogens is 3. The topological polar surface area (TPSA) is 73.1 Å². The van der Waals surface area contributed by atoms with Crippen LogP contribution in [0.25, 0.3) is 22.4 Å². The van der Waals surface area contributed by atoms with Crippen LogP contribution in [-0.4, -0.2) is 34.4 Å². The molecule has 0 spiro atoms. The van der Waals surface area contributed by atoms with E-state index in [1.54, 1.807) is 0 Å². The van der Waals surface area contributed by atoms with Gasteiger partial charge in [-0.05, 0) is 19.8 Å². The Kier molecular flexibility index (Phi) is 3.67. The number of nitrogens with one attached hydrogen (secondary N) is 1. The first-order valence-electron chi connectivity index (χ1n) is 7.84. The Balaban J connectivity index is 1.69. The number of nitrogens with zero attached hydrogens (tertiary/aromatic N) is 3. The SMILES string of the molecule is Cc1ccc(-c2noc3ncnc(NC[C@H]4CCCO4)c23)cc1. The molecule has 0 unspecified atom stereocenters. The van der Waals surface area contributed by atoms with Crippen molar-refractivity contribution in [2.75, 3.05) is 18.5 Å². The molecule has 1 aliphatic heterocycles. The number of rotatable bonds is 4. The molecule has 3 heterocycles. The highest BCUT2D eigenvalue weighted by Crippen LogP contribution is 2.31. The molecule has 0 radical (unpaired) electrons. The normalized spacial score (nSPS) is 17.7. The van der Waals surface area contributed by atoms with Gasteiger partial charge in [0, 0.05) is 18.7 Å². The molecular weight excluding hydrogens is 292 g/mol. The van der Waals surface area contributed by atoms with E-state index in [1.165, 1.54) is 11.9 Å². The van der Waals surface area contributed by atoms with Crippen molar-refractivity contribution >= 4 is 16.9 Å². The fourth-order valence-corrected chi connectivity index (χ4v) is 2.84. The molecule has 1 atom stereocenters. The van der Waals surface area contributed by atoms with Crippen molar-refractivity contribution in [1.82, 2.24) is 15.1 Å². The Bertz CT molecular complexity index is 807. The molecule has 2 aromatic heterocycles. The van der Waals surface area contributed by atoms with E-state index in [1.807, 2.05) is 12.1 Å². The monoisotopic (exact) mass is 310 g/mol. The van der Waals surface area contributed by atoms with Gasteiger partial charge < -0.3 is 14.6 Å².